The zero-order chi connectivity index (χ0) is 13.0. The van der Waals surface area contributed by atoms with Crippen LogP contribution in [0.1, 0.15) is 13.8 Å². The molecular formula is C12H15N5O. The lowest BCUT2D eigenvalue weighted by Gasteiger charge is -2.12. The normalized spacial score (nSPS) is 12.1. The number of benzene rings is 1. The van der Waals surface area contributed by atoms with Gasteiger partial charge >= 0.3 is 0 Å². The van der Waals surface area contributed by atoms with E-state index in [2.05, 4.69) is 25.8 Å². The average Bonchev–Trinajstić information content (AvgIpc) is 2.39. The van der Waals surface area contributed by atoms with E-state index in [9.17, 15) is 4.79 Å². The van der Waals surface area contributed by atoms with Crippen molar-refractivity contribution in [1.82, 2.24) is 20.5 Å². The number of para-hydroxylation sites is 1. The summed E-state index contributed by atoms with van der Waals surface area (Å²) in [6, 6.07) is 7.06. The first-order chi connectivity index (χ1) is 8.70. The van der Waals surface area contributed by atoms with Crippen LogP contribution in [-0.4, -0.2) is 33.7 Å². The van der Waals surface area contributed by atoms with E-state index in [1.807, 2.05) is 31.2 Å². The summed E-state index contributed by atoms with van der Waals surface area (Å²) in [5.41, 5.74) is 1.48. The third-order valence-corrected chi connectivity index (χ3v) is 2.45. The lowest BCUT2D eigenvalue weighted by Crippen LogP contribution is -2.37. The zero-order valence-corrected chi connectivity index (χ0v) is 10.3. The molecule has 2 aromatic rings. The Balaban J connectivity index is 2.14. The molecule has 0 saturated carbocycles. The van der Waals surface area contributed by atoms with E-state index in [-0.39, 0.29) is 5.91 Å². The first kappa shape index (κ1) is 12.2. The van der Waals surface area contributed by atoms with E-state index in [4.69, 9.17) is 0 Å². The molecule has 0 spiro atoms. The van der Waals surface area contributed by atoms with Crippen molar-refractivity contribution in [3.8, 4) is 0 Å². The van der Waals surface area contributed by atoms with Crippen LogP contribution in [0.5, 0.6) is 0 Å². The molecule has 0 aliphatic rings. The second kappa shape index (κ2) is 5.39. The molecule has 1 unspecified atom stereocenters. The molecule has 2 N–H and O–H groups in total. The third kappa shape index (κ3) is 2.71. The molecule has 1 heterocycles. The van der Waals surface area contributed by atoms with E-state index in [0.717, 1.165) is 11.0 Å². The summed E-state index contributed by atoms with van der Waals surface area (Å²) in [4.78, 5) is 15.9. The summed E-state index contributed by atoms with van der Waals surface area (Å²) in [5, 5.41) is 13.6. The molecular weight excluding hydrogens is 230 g/mol. The highest BCUT2D eigenvalue weighted by Gasteiger charge is 2.13. The van der Waals surface area contributed by atoms with Crippen LogP contribution in [0.4, 0.5) is 5.95 Å². The van der Waals surface area contributed by atoms with Gasteiger partial charge in [0.05, 0.1) is 5.52 Å². The van der Waals surface area contributed by atoms with Crippen LogP contribution in [0.25, 0.3) is 11.0 Å². The van der Waals surface area contributed by atoms with Crippen LogP contribution in [0, 0.1) is 0 Å². The molecule has 1 aromatic heterocycles. The van der Waals surface area contributed by atoms with Crippen molar-refractivity contribution in [2.75, 3.05) is 11.9 Å². The van der Waals surface area contributed by atoms with Gasteiger partial charge in [0.25, 0.3) is 0 Å². The molecule has 18 heavy (non-hydrogen) atoms. The highest BCUT2D eigenvalue weighted by atomic mass is 16.2. The first-order valence-corrected chi connectivity index (χ1v) is 5.84. The molecule has 0 aliphatic heterocycles. The number of nitrogens with one attached hydrogen (secondary N) is 2. The minimum atomic E-state index is -0.395. The summed E-state index contributed by atoms with van der Waals surface area (Å²) in [5.74, 6) is 0.265. The van der Waals surface area contributed by atoms with Gasteiger partial charge in [-0.05, 0) is 26.0 Å². The monoisotopic (exact) mass is 245 g/mol. The Hall–Kier alpha value is -2.24. The number of carbonyl (C=O) groups excluding carboxylic acids is 1. The number of anilines is 1. The van der Waals surface area contributed by atoms with Crippen LogP contribution < -0.4 is 10.6 Å². The van der Waals surface area contributed by atoms with Crippen LogP contribution >= 0.6 is 0 Å². The van der Waals surface area contributed by atoms with Gasteiger partial charge in [0.2, 0.25) is 11.9 Å². The molecule has 0 radical (unpaired) electrons. The van der Waals surface area contributed by atoms with Gasteiger partial charge in [-0.3, -0.25) is 4.79 Å². The summed E-state index contributed by atoms with van der Waals surface area (Å²) in [7, 11) is 0. The Morgan fingerprint density at radius 1 is 1.28 bits per heavy atom. The second-order valence-electron chi connectivity index (χ2n) is 3.88. The summed E-state index contributed by atoms with van der Waals surface area (Å²) in [6.07, 6.45) is 0. The fourth-order valence-corrected chi connectivity index (χ4v) is 1.53. The smallest absolute Gasteiger partial charge is 0.243 e. The molecule has 2 rings (SSSR count). The fraction of sp³-hybridized carbons (Fsp3) is 0.333. The topological polar surface area (TPSA) is 79.8 Å². The minimum absolute atomic E-state index is 0.0886. The molecule has 1 amide bonds. The molecule has 1 aromatic carbocycles. The number of amides is 1. The quantitative estimate of drug-likeness (QED) is 0.838. The number of nitrogens with zero attached hydrogens (tertiary/aromatic N) is 3. The van der Waals surface area contributed by atoms with Gasteiger partial charge in [-0.1, -0.05) is 12.1 Å². The van der Waals surface area contributed by atoms with Crippen molar-refractivity contribution in [3.63, 3.8) is 0 Å². The minimum Gasteiger partial charge on any atom is -0.355 e. The molecule has 0 bridgehead atoms. The second-order valence-corrected chi connectivity index (χ2v) is 3.88. The standard InChI is InChI=1S/C12H15N5O/c1-3-13-11(18)8(2)14-12-15-9-6-4-5-7-10(9)16-17-12/h4-8H,3H2,1-2H3,(H,13,18)(H,14,15,17). The van der Waals surface area contributed by atoms with Crippen molar-refractivity contribution >= 4 is 22.9 Å². The van der Waals surface area contributed by atoms with Crippen molar-refractivity contribution in [3.05, 3.63) is 24.3 Å². The maximum absolute atomic E-state index is 11.6. The van der Waals surface area contributed by atoms with Gasteiger partial charge in [-0.2, -0.15) is 0 Å². The van der Waals surface area contributed by atoms with Gasteiger partial charge in [0.15, 0.2) is 0 Å². The Labute approximate surface area is 105 Å². The molecule has 94 valence electrons. The lowest BCUT2D eigenvalue weighted by atomic mass is 10.3. The van der Waals surface area contributed by atoms with E-state index in [1.165, 1.54) is 0 Å². The average molecular weight is 245 g/mol. The van der Waals surface area contributed by atoms with Gasteiger partial charge in [0.1, 0.15) is 11.6 Å². The number of aromatic nitrogens is 3. The Morgan fingerprint density at radius 3 is 2.72 bits per heavy atom. The van der Waals surface area contributed by atoms with Gasteiger partial charge in [-0.15, -0.1) is 10.2 Å². The maximum Gasteiger partial charge on any atom is 0.243 e. The van der Waals surface area contributed by atoms with E-state index in [0.29, 0.717) is 12.5 Å². The molecule has 0 fully saturated rings. The van der Waals surface area contributed by atoms with Gasteiger partial charge in [0, 0.05) is 6.54 Å². The number of hydrogen-bond donors (Lipinski definition) is 2. The largest absolute Gasteiger partial charge is 0.355 e. The maximum atomic E-state index is 11.6. The van der Waals surface area contributed by atoms with Crippen LogP contribution in [-0.2, 0) is 4.79 Å². The Bertz CT molecular complexity index is 557. The van der Waals surface area contributed by atoms with E-state index < -0.39 is 6.04 Å². The van der Waals surface area contributed by atoms with E-state index in [1.54, 1.807) is 6.92 Å². The van der Waals surface area contributed by atoms with Gasteiger partial charge in [-0.25, -0.2) is 4.98 Å². The fourth-order valence-electron chi connectivity index (χ4n) is 1.53. The highest BCUT2D eigenvalue weighted by Crippen LogP contribution is 2.09. The first-order valence-electron chi connectivity index (χ1n) is 5.84. The zero-order valence-electron chi connectivity index (χ0n) is 10.3. The Morgan fingerprint density at radius 2 is 2.00 bits per heavy atom. The molecule has 0 aliphatic carbocycles. The van der Waals surface area contributed by atoms with Crippen LogP contribution in [0.15, 0.2) is 24.3 Å². The number of carbonyl (C=O) groups is 1. The highest BCUT2D eigenvalue weighted by molar-refractivity contribution is 5.83. The molecule has 6 heteroatoms. The SMILES string of the molecule is CCNC(=O)C(C)Nc1nnc2ccccc2n1. The predicted octanol–water partition coefficient (Wildman–Crippen LogP) is 0.961. The summed E-state index contributed by atoms with van der Waals surface area (Å²) in [6.45, 7) is 4.23. The summed E-state index contributed by atoms with van der Waals surface area (Å²) >= 11 is 0. The Kier molecular flexibility index (Phi) is 3.66. The number of fused-ring (bicyclic) bond motifs is 1. The summed E-state index contributed by atoms with van der Waals surface area (Å²) < 4.78 is 0. The number of rotatable bonds is 4. The van der Waals surface area contributed by atoms with Crippen molar-refractivity contribution in [2.24, 2.45) is 0 Å². The molecule has 6 nitrogen and oxygen atoms in total. The predicted molar refractivity (Wildman–Crippen MR) is 69.1 cm³/mol. The van der Waals surface area contributed by atoms with Crippen molar-refractivity contribution in [2.45, 2.75) is 19.9 Å². The van der Waals surface area contributed by atoms with Crippen molar-refractivity contribution in [1.29, 1.82) is 0 Å². The molecule has 1 atom stereocenters. The number of likely N-dealkylation sites (N-methyl/N-ethyl adjacent to an activating group) is 1. The van der Waals surface area contributed by atoms with Crippen molar-refractivity contribution < 1.29 is 4.79 Å². The lowest BCUT2D eigenvalue weighted by molar-refractivity contribution is -0.121. The number of hydrogen-bond acceptors (Lipinski definition) is 5. The van der Waals surface area contributed by atoms with Crippen LogP contribution in [0.3, 0.4) is 0 Å². The third-order valence-electron chi connectivity index (χ3n) is 2.45. The van der Waals surface area contributed by atoms with Crippen LogP contribution in [0.2, 0.25) is 0 Å². The molecule has 0 saturated heterocycles. The van der Waals surface area contributed by atoms with E-state index >= 15 is 0 Å². The van der Waals surface area contributed by atoms with Gasteiger partial charge < -0.3 is 10.6 Å².